The highest BCUT2D eigenvalue weighted by Gasteiger charge is 2.22. The molecule has 0 amide bonds. The van der Waals surface area contributed by atoms with Crippen molar-refractivity contribution in [3.8, 4) is 0 Å². The Morgan fingerprint density at radius 3 is 1.57 bits per heavy atom. The molecule has 3 aromatic rings. The molecule has 0 fully saturated rings. The number of benzene rings is 3. The monoisotopic (exact) mass is 360 g/mol. The Balaban J connectivity index is 1.63. The predicted octanol–water partition coefficient (Wildman–Crippen LogP) is 7.44. The number of rotatable bonds is 5. The maximum atomic E-state index is 2.35. The molecule has 4 rings (SSSR count). The second-order valence-electron chi connectivity index (χ2n) is 7.16. The van der Waals surface area contributed by atoms with Crippen molar-refractivity contribution in [1.82, 2.24) is 0 Å². The van der Waals surface area contributed by atoms with E-state index in [1.165, 1.54) is 22.3 Å². The average molecular weight is 361 g/mol. The molecule has 3 aromatic carbocycles. The number of allylic oxidation sites excluding steroid dienone is 6. The van der Waals surface area contributed by atoms with Gasteiger partial charge in [-0.1, -0.05) is 134 Å². The van der Waals surface area contributed by atoms with Crippen LogP contribution in [0.3, 0.4) is 0 Å². The van der Waals surface area contributed by atoms with Gasteiger partial charge in [0.25, 0.3) is 0 Å². The summed E-state index contributed by atoms with van der Waals surface area (Å²) < 4.78 is 0. The van der Waals surface area contributed by atoms with E-state index in [1.807, 2.05) is 0 Å². The lowest BCUT2D eigenvalue weighted by molar-refractivity contribution is 0.642. The van der Waals surface area contributed by atoms with Gasteiger partial charge in [-0.2, -0.15) is 0 Å². The maximum Gasteiger partial charge on any atom is 0.0286 e. The summed E-state index contributed by atoms with van der Waals surface area (Å²) in [4.78, 5) is 0. The van der Waals surface area contributed by atoms with Gasteiger partial charge in [0.1, 0.15) is 0 Å². The molecule has 0 aliphatic heterocycles. The van der Waals surface area contributed by atoms with Crippen LogP contribution in [0.4, 0.5) is 0 Å². The molecule has 0 saturated heterocycles. The van der Waals surface area contributed by atoms with Crippen LogP contribution in [0.15, 0.2) is 121 Å². The SMILES string of the molecule is C1=CC(C=Cc2ccccc2)(C=Cc2ccccc2)CC=C1c1ccccc1. The van der Waals surface area contributed by atoms with E-state index in [2.05, 4.69) is 134 Å². The van der Waals surface area contributed by atoms with Crippen LogP contribution in [0, 0.1) is 5.41 Å². The third-order valence-electron chi connectivity index (χ3n) is 5.13. The van der Waals surface area contributed by atoms with E-state index < -0.39 is 0 Å². The summed E-state index contributed by atoms with van der Waals surface area (Å²) in [5.74, 6) is 0. The van der Waals surface area contributed by atoms with Crippen molar-refractivity contribution >= 4 is 17.7 Å². The fraction of sp³-hybridized carbons (Fsp3) is 0.0714. The summed E-state index contributed by atoms with van der Waals surface area (Å²) in [6, 6.07) is 31.6. The van der Waals surface area contributed by atoms with Gasteiger partial charge in [-0.25, -0.2) is 0 Å². The van der Waals surface area contributed by atoms with E-state index in [0.717, 1.165) is 6.42 Å². The normalized spacial score (nSPS) is 19.2. The van der Waals surface area contributed by atoms with E-state index in [1.54, 1.807) is 0 Å². The van der Waals surface area contributed by atoms with Crippen molar-refractivity contribution in [2.75, 3.05) is 0 Å². The van der Waals surface area contributed by atoms with Crippen LogP contribution in [-0.2, 0) is 0 Å². The number of hydrogen-bond acceptors (Lipinski definition) is 0. The van der Waals surface area contributed by atoms with Crippen molar-refractivity contribution in [2.24, 2.45) is 5.41 Å². The first kappa shape index (κ1) is 18.0. The minimum atomic E-state index is -0.121. The average Bonchev–Trinajstić information content (AvgIpc) is 2.79. The smallest absolute Gasteiger partial charge is 0.0286 e. The van der Waals surface area contributed by atoms with Crippen molar-refractivity contribution < 1.29 is 0 Å². The summed E-state index contributed by atoms with van der Waals surface area (Å²) in [5.41, 5.74) is 4.88. The quantitative estimate of drug-likeness (QED) is 0.443. The first-order chi connectivity index (χ1) is 13.8. The molecule has 0 nitrogen and oxygen atoms in total. The lowest BCUT2D eigenvalue weighted by atomic mass is 9.78. The predicted molar refractivity (Wildman–Crippen MR) is 122 cm³/mol. The van der Waals surface area contributed by atoms with Gasteiger partial charge in [0.05, 0.1) is 0 Å². The molecule has 0 radical (unpaired) electrons. The zero-order valence-electron chi connectivity index (χ0n) is 15.9. The molecule has 1 aliphatic carbocycles. The van der Waals surface area contributed by atoms with Crippen LogP contribution < -0.4 is 0 Å². The lowest BCUT2D eigenvalue weighted by Crippen LogP contribution is -2.13. The first-order valence-corrected chi connectivity index (χ1v) is 9.76. The van der Waals surface area contributed by atoms with Crippen molar-refractivity contribution in [2.45, 2.75) is 6.42 Å². The summed E-state index contributed by atoms with van der Waals surface area (Å²) in [6.07, 6.45) is 17.0. The first-order valence-electron chi connectivity index (χ1n) is 9.76. The molecule has 0 heterocycles. The standard InChI is InChI=1S/C28H24/c1-4-10-24(11-5-1)16-20-28(21-17-25-12-6-2-7-13-25)22-18-27(19-23-28)26-14-8-3-9-15-26/h1-22H,23H2. The molecule has 0 heteroatoms. The van der Waals surface area contributed by atoms with E-state index in [-0.39, 0.29) is 5.41 Å². The molecular formula is C28H24. The van der Waals surface area contributed by atoms with E-state index in [0.29, 0.717) is 0 Å². The molecule has 0 atom stereocenters. The molecule has 0 saturated carbocycles. The van der Waals surface area contributed by atoms with Gasteiger partial charge in [-0.3, -0.25) is 0 Å². The van der Waals surface area contributed by atoms with Gasteiger partial charge in [0.2, 0.25) is 0 Å². The maximum absolute atomic E-state index is 2.35. The van der Waals surface area contributed by atoms with Crippen LogP contribution in [0.5, 0.6) is 0 Å². The summed E-state index contributed by atoms with van der Waals surface area (Å²) in [6.45, 7) is 0. The van der Waals surface area contributed by atoms with Crippen LogP contribution in [0.2, 0.25) is 0 Å². The summed E-state index contributed by atoms with van der Waals surface area (Å²) >= 11 is 0. The van der Waals surface area contributed by atoms with Gasteiger partial charge in [0, 0.05) is 5.41 Å². The molecule has 1 aliphatic rings. The Morgan fingerprint density at radius 2 is 1.11 bits per heavy atom. The third kappa shape index (κ3) is 4.47. The molecule has 136 valence electrons. The largest absolute Gasteiger partial charge is 0.0752 e. The van der Waals surface area contributed by atoms with Crippen molar-refractivity contribution in [3.63, 3.8) is 0 Å². The summed E-state index contributed by atoms with van der Waals surface area (Å²) in [5, 5.41) is 0. The molecular weight excluding hydrogens is 336 g/mol. The van der Waals surface area contributed by atoms with Crippen molar-refractivity contribution in [1.29, 1.82) is 0 Å². The zero-order chi connectivity index (χ0) is 19.1. The topological polar surface area (TPSA) is 0 Å². The Morgan fingerprint density at radius 1 is 0.607 bits per heavy atom. The zero-order valence-corrected chi connectivity index (χ0v) is 15.9. The van der Waals surface area contributed by atoms with Crippen LogP contribution in [-0.4, -0.2) is 0 Å². The lowest BCUT2D eigenvalue weighted by Gasteiger charge is -2.26. The Bertz CT molecular complexity index is 954. The van der Waals surface area contributed by atoms with Crippen LogP contribution in [0.25, 0.3) is 17.7 Å². The fourth-order valence-electron chi connectivity index (χ4n) is 3.45. The second kappa shape index (κ2) is 8.54. The second-order valence-corrected chi connectivity index (χ2v) is 7.16. The van der Waals surface area contributed by atoms with Crippen molar-refractivity contribution in [3.05, 3.63) is 138 Å². The Hall–Kier alpha value is -3.38. The van der Waals surface area contributed by atoms with E-state index in [4.69, 9.17) is 0 Å². The van der Waals surface area contributed by atoms with Gasteiger partial charge < -0.3 is 0 Å². The fourth-order valence-corrected chi connectivity index (χ4v) is 3.45. The minimum Gasteiger partial charge on any atom is -0.0752 e. The molecule has 0 spiro atoms. The molecule has 0 bridgehead atoms. The Labute approximate surface area is 167 Å². The van der Waals surface area contributed by atoms with E-state index in [9.17, 15) is 0 Å². The highest BCUT2D eigenvalue weighted by atomic mass is 14.3. The molecule has 0 N–H and O–H groups in total. The molecule has 0 aromatic heterocycles. The van der Waals surface area contributed by atoms with Crippen LogP contribution >= 0.6 is 0 Å². The number of hydrogen-bond donors (Lipinski definition) is 0. The van der Waals surface area contributed by atoms with Gasteiger partial charge in [-0.15, -0.1) is 0 Å². The molecule has 28 heavy (non-hydrogen) atoms. The van der Waals surface area contributed by atoms with Crippen LogP contribution in [0.1, 0.15) is 23.1 Å². The Kier molecular flexibility index (Phi) is 5.49. The highest BCUT2D eigenvalue weighted by molar-refractivity contribution is 5.76. The van der Waals surface area contributed by atoms with Gasteiger partial charge in [-0.05, 0) is 28.7 Å². The highest BCUT2D eigenvalue weighted by Crippen LogP contribution is 2.37. The third-order valence-corrected chi connectivity index (χ3v) is 5.13. The summed E-state index contributed by atoms with van der Waals surface area (Å²) in [7, 11) is 0. The minimum absolute atomic E-state index is 0.121. The molecule has 0 unspecified atom stereocenters. The van der Waals surface area contributed by atoms with E-state index >= 15 is 0 Å². The van der Waals surface area contributed by atoms with Gasteiger partial charge in [0.15, 0.2) is 0 Å². The van der Waals surface area contributed by atoms with Gasteiger partial charge >= 0.3 is 0 Å².